The van der Waals surface area contributed by atoms with Crippen LogP contribution < -0.4 is 0 Å². The lowest BCUT2D eigenvalue weighted by Gasteiger charge is -2.15. The molecule has 0 unspecified atom stereocenters. The van der Waals surface area contributed by atoms with E-state index in [9.17, 15) is 18.0 Å². The van der Waals surface area contributed by atoms with Crippen LogP contribution in [0.4, 0.5) is 13.2 Å². The molecule has 0 aliphatic rings. The van der Waals surface area contributed by atoms with Crippen molar-refractivity contribution in [3.63, 3.8) is 0 Å². The van der Waals surface area contributed by atoms with Gasteiger partial charge < -0.3 is 10.2 Å². The van der Waals surface area contributed by atoms with Crippen molar-refractivity contribution in [2.24, 2.45) is 0 Å². The molecule has 25 heavy (non-hydrogen) atoms. The number of hydrogen-bond donors (Lipinski definition) is 2. The Balaban J connectivity index is 2.36. The average molecular weight is 351 g/mol. The topological polar surface area (TPSA) is 87.7 Å². The van der Waals surface area contributed by atoms with Crippen LogP contribution in [0.5, 0.6) is 0 Å². The van der Waals surface area contributed by atoms with Gasteiger partial charge in [0.2, 0.25) is 0 Å². The summed E-state index contributed by atoms with van der Waals surface area (Å²) < 4.78 is 41.1. The van der Waals surface area contributed by atoms with Crippen LogP contribution in [-0.4, -0.2) is 30.8 Å². The van der Waals surface area contributed by atoms with Crippen LogP contribution in [0.2, 0.25) is 0 Å². The molecule has 9 heteroatoms. The summed E-state index contributed by atoms with van der Waals surface area (Å²) in [5.74, 6) is -1.42. The van der Waals surface area contributed by atoms with Crippen LogP contribution in [0.25, 0.3) is 16.9 Å². The predicted octanol–water partition coefficient (Wildman–Crippen LogP) is 2.91. The Morgan fingerprint density at radius 3 is 2.40 bits per heavy atom. The third-order valence-electron chi connectivity index (χ3n) is 3.79. The van der Waals surface area contributed by atoms with Gasteiger partial charge in [-0.05, 0) is 12.5 Å². The Hall–Kier alpha value is -2.94. The molecule has 2 N–H and O–H groups in total. The quantitative estimate of drug-likeness (QED) is 0.758. The number of carboxylic acid groups (broad SMARTS) is 1. The molecule has 0 aliphatic carbocycles. The van der Waals surface area contributed by atoms with Gasteiger partial charge >= 0.3 is 12.1 Å². The molecule has 0 aliphatic heterocycles. The van der Waals surface area contributed by atoms with Crippen LogP contribution in [-0.2, 0) is 12.8 Å². The van der Waals surface area contributed by atoms with Gasteiger partial charge in [-0.3, -0.25) is 0 Å². The van der Waals surface area contributed by atoms with Gasteiger partial charge in [0.25, 0.3) is 0 Å². The first-order valence-electron chi connectivity index (χ1n) is 7.13. The van der Waals surface area contributed by atoms with Gasteiger partial charge in [-0.2, -0.15) is 18.3 Å². The van der Waals surface area contributed by atoms with Gasteiger partial charge in [-0.15, -0.1) is 0 Å². The molecule has 2 aromatic heterocycles. The van der Waals surface area contributed by atoms with Gasteiger partial charge in [-0.1, -0.05) is 24.3 Å². The van der Waals surface area contributed by atoms with E-state index in [0.717, 1.165) is 6.20 Å². The number of aromatic carboxylic acids is 1. The van der Waals surface area contributed by atoms with Gasteiger partial charge in [0.15, 0.2) is 11.3 Å². The molecular weight excluding hydrogens is 339 g/mol. The molecule has 130 valence electrons. The first-order valence-corrected chi connectivity index (χ1v) is 7.13. The number of fused-ring (bicyclic) bond motifs is 1. The number of carbonyl (C=O) groups is 1. The molecule has 3 rings (SSSR count). The van der Waals surface area contributed by atoms with Crippen molar-refractivity contribution < 1.29 is 28.2 Å². The highest BCUT2D eigenvalue weighted by Gasteiger charge is 2.38. The van der Waals surface area contributed by atoms with Crippen molar-refractivity contribution in [1.82, 2.24) is 14.6 Å². The number of aliphatic hydroxyl groups excluding tert-OH is 1. The van der Waals surface area contributed by atoms with E-state index in [-0.39, 0.29) is 23.5 Å². The Morgan fingerprint density at radius 1 is 1.24 bits per heavy atom. The van der Waals surface area contributed by atoms with Crippen molar-refractivity contribution in [2.45, 2.75) is 19.7 Å². The number of halogens is 3. The second-order valence-electron chi connectivity index (χ2n) is 5.39. The Bertz CT molecular complexity index is 963. The van der Waals surface area contributed by atoms with Crippen LogP contribution in [0.15, 0.2) is 30.5 Å². The van der Waals surface area contributed by atoms with Gasteiger partial charge in [0, 0.05) is 11.1 Å². The largest absolute Gasteiger partial charge is 0.477 e. The minimum Gasteiger partial charge on any atom is -0.477 e. The molecular formula is C16H12F3N3O3. The number of alkyl halides is 3. The zero-order valence-corrected chi connectivity index (χ0v) is 12.9. The molecule has 0 spiro atoms. The number of nitrogens with zero attached hydrogens (tertiary/aromatic N) is 3. The lowest BCUT2D eigenvalue weighted by atomic mass is 10.0. The van der Waals surface area contributed by atoms with Crippen molar-refractivity contribution in [3.8, 4) is 11.3 Å². The highest BCUT2D eigenvalue weighted by Crippen LogP contribution is 2.36. The summed E-state index contributed by atoms with van der Waals surface area (Å²) in [7, 11) is 0. The zero-order valence-electron chi connectivity index (χ0n) is 12.9. The minimum absolute atomic E-state index is 0.00677. The molecule has 0 saturated carbocycles. The summed E-state index contributed by atoms with van der Waals surface area (Å²) in [6, 6.07) is 6.16. The van der Waals surface area contributed by atoms with Crippen molar-refractivity contribution >= 4 is 11.6 Å². The third-order valence-corrected chi connectivity index (χ3v) is 3.79. The maximum absolute atomic E-state index is 13.5. The third kappa shape index (κ3) is 2.82. The zero-order chi connectivity index (χ0) is 18.4. The summed E-state index contributed by atoms with van der Waals surface area (Å²) in [5, 5.41) is 21.8. The van der Waals surface area contributed by atoms with E-state index in [2.05, 4.69) is 10.1 Å². The predicted molar refractivity (Wildman–Crippen MR) is 81.0 cm³/mol. The Kier molecular flexibility index (Phi) is 3.96. The monoisotopic (exact) mass is 351 g/mol. The second-order valence-corrected chi connectivity index (χ2v) is 5.39. The first kappa shape index (κ1) is 16.9. The van der Waals surface area contributed by atoms with Crippen LogP contribution >= 0.6 is 0 Å². The van der Waals surface area contributed by atoms with E-state index in [0.29, 0.717) is 15.6 Å². The average Bonchev–Trinajstić information content (AvgIpc) is 2.96. The lowest BCUT2D eigenvalue weighted by molar-refractivity contribution is -0.143. The highest BCUT2D eigenvalue weighted by molar-refractivity contribution is 5.94. The molecule has 6 nitrogen and oxygen atoms in total. The first-order chi connectivity index (χ1) is 11.7. The number of carboxylic acids is 1. The van der Waals surface area contributed by atoms with E-state index in [1.807, 2.05) is 0 Å². The summed E-state index contributed by atoms with van der Waals surface area (Å²) in [6.45, 7) is 1.05. The number of rotatable bonds is 3. The molecule has 0 radical (unpaired) electrons. The van der Waals surface area contributed by atoms with Crippen LogP contribution in [0.3, 0.4) is 0 Å². The van der Waals surface area contributed by atoms with Crippen LogP contribution in [0, 0.1) is 6.92 Å². The fourth-order valence-electron chi connectivity index (χ4n) is 2.61. The Labute approximate surface area is 139 Å². The van der Waals surface area contributed by atoms with Crippen molar-refractivity contribution in [2.75, 3.05) is 0 Å². The molecule has 1 aromatic carbocycles. The molecule has 3 aromatic rings. The summed E-state index contributed by atoms with van der Waals surface area (Å²) in [6.07, 6.45) is -3.90. The van der Waals surface area contributed by atoms with Gasteiger partial charge in [0.1, 0.15) is 5.56 Å². The van der Waals surface area contributed by atoms with Crippen molar-refractivity contribution in [1.29, 1.82) is 0 Å². The summed E-state index contributed by atoms with van der Waals surface area (Å²) >= 11 is 0. The molecule has 0 bridgehead atoms. The maximum atomic E-state index is 13.5. The second kappa shape index (κ2) is 5.85. The minimum atomic E-state index is -4.74. The molecule has 0 atom stereocenters. The molecule has 0 amide bonds. The fourth-order valence-corrected chi connectivity index (χ4v) is 2.61. The lowest BCUT2D eigenvalue weighted by Crippen LogP contribution is -2.17. The summed E-state index contributed by atoms with van der Waals surface area (Å²) in [5.41, 5.74) is -1.07. The summed E-state index contributed by atoms with van der Waals surface area (Å²) in [4.78, 5) is 15.4. The molecule has 0 fully saturated rings. The van der Waals surface area contributed by atoms with Crippen molar-refractivity contribution in [3.05, 3.63) is 52.8 Å². The SMILES string of the molecule is Cc1c(-c2ccc(CO)cc2)nc2c(C(=O)O)cnn2c1C(F)(F)F. The van der Waals surface area contributed by atoms with E-state index >= 15 is 0 Å². The number of hydrogen-bond acceptors (Lipinski definition) is 4. The van der Waals surface area contributed by atoms with E-state index in [4.69, 9.17) is 10.2 Å². The maximum Gasteiger partial charge on any atom is 0.433 e. The van der Waals surface area contributed by atoms with Crippen LogP contribution in [0.1, 0.15) is 27.2 Å². The number of aromatic nitrogens is 3. The normalized spacial score (nSPS) is 11.9. The van der Waals surface area contributed by atoms with E-state index in [1.54, 1.807) is 12.1 Å². The number of aliphatic hydroxyl groups is 1. The molecule has 0 saturated heterocycles. The van der Waals surface area contributed by atoms with Gasteiger partial charge in [-0.25, -0.2) is 14.3 Å². The van der Waals surface area contributed by atoms with E-state index < -0.39 is 23.4 Å². The highest BCUT2D eigenvalue weighted by atomic mass is 19.4. The Morgan fingerprint density at radius 2 is 1.88 bits per heavy atom. The van der Waals surface area contributed by atoms with Gasteiger partial charge in [0.05, 0.1) is 18.5 Å². The fraction of sp³-hybridized carbons (Fsp3) is 0.188. The number of benzene rings is 1. The molecule has 2 heterocycles. The standard InChI is InChI=1S/C16H12F3N3O3/c1-8-12(10-4-2-9(7-23)3-5-10)21-14-11(15(24)25)6-20-22(14)13(8)16(17,18)19/h2-6,23H,7H2,1H3,(H,24,25). The smallest absolute Gasteiger partial charge is 0.433 e. The van der Waals surface area contributed by atoms with E-state index in [1.165, 1.54) is 19.1 Å².